The Bertz CT molecular complexity index is 809. The first kappa shape index (κ1) is 22.0. The zero-order chi connectivity index (χ0) is 20.7. The highest BCUT2D eigenvalue weighted by atomic mass is 32.1. The third kappa shape index (κ3) is 5.35. The molecule has 28 heavy (non-hydrogen) atoms. The van der Waals surface area contributed by atoms with Gasteiger partial charge in [-0.2, -0.15) is 12.6 Å². The number of halogens is 2. The Kier molecular flexibility index (Phi) is 8.06. The number of hydrogen-bond donors (Lipinski definition) is 4. The predicted octanol–water partition coefficient (Wildman–Crippen LogP) is 3.03. The van der Waals surface area contributed by atoms with E-state index in [0.717, 1.165) is 31.3 Å². The fourth-order valence-electron chi connectivity index (χ4n) is 2.94. The molecule has 2 atom stereocenters. The maximum atomic E-state index is 12.3. The summed E-state index contributed by atoms with van der Waals surface area (Å²) in [6.07, 6.45) is 6.33. The lowest BCUT2D eigenvalue weighted by Crippen LogP contribution is -2.50. The van der Waals surface area contributed by atoms with Crippen LogP contribution in [0.25, 0.3) is 17.5 Å². The molecule has 2 aromatic heterocycles. The molecule has 1 aliphatic rings. The van der Waals surface area contributed by atoms with E-state index >= 15 is 0 Å². The number of nitrogens with zero attached hydrogens (tertiary/aromatic N) is 4. The van der Waals surface area contributed by atoms with Gasteiger partial charge in [0.1, 0.15) is 18.0 Å². The topological polar surface area (TPSA) is 108 Å². The molecule has 152 valence electrons. The first-order chi connectivity index (χ1) is 13.5. The normalized spacial score (nSPS) is 19.6. The van der Waals surface area contributed by atoms with Crippen molar-refractivity contribution >= 4 is 30.2 Å². The molecule has 0 bridgehead atoms. The minimum atomic E-state index is -2.80. The molecule has 0 spiro atoms. The molecule has 3 rings (SSSR count). The summed E-state index contributed by atoms with van der Waals surface area (Å²) < 4.78 is 24.7. The molecule has 0 aliphatic carbocycles. The van der Waals surface area contributed by atoms with Crippen molar-refractivity contribution in [1.82, 2.24) is 19.9 Å². The maximum absolute atomic E-state index is 12.3. The van der Waals surface area contributed by atoms with Crippen molar-refractivity contribution < 1.29 is 8.78 Å². The van der Waals surface area contributed by atoms with Crippen molar-refractivity contribution in [2.45, 2.75) is 38.3 Å². The number of thiol groups is 1. The molecular formula is C18H25F2N7S. The van der Waals surface area contributed by atoms with Crippen LogP contribution in [0.5, 0.6) is 0 Å². The zero-order valence-corrected chi connectivity index (χ0v) is 16.7. The van der Waals surface area contributed by atoms with Crippen molar-refractivity contribution in [1.29, 1.82) is 5.41 Å². The summed E-state index contributed by atoms with van der Waals surface area (Å²) in [5.74, 6) is 1.17. The fourth-order valence-corrected chi connectivity index (χ4v) is 2.94. The number of piperidine rings is 1. The molecule has 7 nitrogen and oxygen atoms in total. The van der Waals surface area contributed by atoms with E-state index in [2.05, 4.69) is 44.4 Å². The van der Waals surface area contributed by atoms with Crippen LogP contribution in [0.15, 0.2) is 24.7 Å². The molecule has 2 unspecified atom stereocenters. The number of aromatic amines is 1. The van der Waals surface area contributed by atoms with E-state index < -0.39 is 12.1 Å². The number of allylic oxidation sites excluding steroid dienone is 1. The van der Waals surface area contributed by atoms with Crippen LogP contribution in [0, 0.1) is 5.41 Å². The van der Waals surface area contributed by atoms with Gasteiger partial charge in [0, 0.05) is 24.7 Å². The third-order valence-electron chi connectivity index (χ3n) is 4.52. The summed E-state index contributed by atoms with van der Waals surface area (Å²) in [5, 5.41) is 7.13. The van der Waals surface area contributed by atoms with Gasteiger partial charge >= 0.3 is 0 Å². The number of aromatic nitrogens is 4. The molecule has 0 radical (unpaired) electrons. The van der Waals surface area contributed by atoms with Crippen LogP contribution in [0.1, 0.15) is 25.6 Å². The number of nitrogens with two attached hydrogens (primary N) is 1. The quantitative estimate of drug-likeness (QED) is 0.448. The number of rotatable bonds is 5. The summed E-state index contributed by atoms with van der Waals surface area (Å²) in [7, 11) is 0. The van der Waals surface area contributed by atoms with Crippen LogP contribution < -0.4 is 10.6 Å². The monoisotopic (exact) mass is 409 g/mol. The number of anilines is 1. The van der Waals surface area contributed by atoms with E-state index in [0.29, 0.717) is 17.2 Å². The lowest BCUT2D eigenvalue weighted by Gasteiger charge is -2.38. The predicted molar refractivity (Wildman–Crippen MR) is 111 cm³/mol. The molecule has 1 saturated heterocycles. The van der Waals surface area contributed by atoms with Gasteiger partial charge in [-0.05, 0) is 38.2 Å². The maximum Gasteiger partial charge on any atom is 0.279 e. The molecule has 0 aromatic carbocycles. The summed E-state index contributed by atoms with van der Waals surface area (Å²) in [6, 6.07) is 2.15. The average Bonchev–Trinajstić information content (AvgIpc) is 3.19. The van der Waals surface area contributed by atoms with E-state index in [1.807, 2.05) is 6.07 Å². The Morgan fingerprint density at radius 3 is 2.86 bits per heavy atom. The summed E-state index contributed by atoms with van der Waals surface area (Å²) in [5.41, 5.74) is 6.69. The molecule has 1 aliphatic heterocycles. The van der Waals surface area contributed by atoms with Crippen LogP contribution in [0.3, 0.4) is 0 Å². The smallest absolute Gasteiger partial charge is 0.279 e. The lowest BCUT2D eigenvalue weighted by molar-refractivity contribution is 0.226. The van der Waals surface area contributed by atoms with Gasteiger partial charge in [0.15, 0.2) is 0 Å². The Labute approximate surface area is 168 Å². The van der Waals surface area contributed by atoms with Gasteiger partial charge in [0.25, 0.3) is 6.43 Å². The standard InChI is InChI=1S/C17H21F2N7.CH4S/c1-10-11(20)3-2-6-26(10)16-7-13(23-9-24-16)14-8-22-15(25-14)5-4-12(21)17(18)19;1-2/h4-5,7-11,17,21H,2-3,6,20H2,1H3,(H,22,25);2H,1H3/b5-4-,21-12?;. The van der Waals surface area contributed by atoms with Crippen LogP contribution in [-0.2, 0) is 0 Å². The number of hydrogen-bond acceptors (Lipinski definition) is 7. The van der Waals surface area contributed by atoms with E-state index in [1.165, 1.54) is 12.4 Å². The van der Waals surface area contributed by atoms with Gasteiger partial charge in [0.05, 0.1) is 23.3 Å². The molecule has 0 saturated carbocycles. The van der Waals surface area contributed by atoms with Crippen molar-refractivity contribution in [3.63, 3.8) is 0 Å². The zero-order valence-electron chi connectivity index (χ0n) is 15.8. The summed E-state index contributed by atoms with van der Waals surface area (Å²) in [4.78, 5) is 17.9. The number of imidazole rings is 1. The molecule has 10 heteroatoms. The van der Waals surface area contributed by atoms with Gasteiger partial charge in [0.2, 0.25) is 0 Å². The van der Waals surface area contributed by atoms with Gasteiger partial charge in [-0.15, -0.1) is 0 Å². The Morgan fingerprint density at radius 1 is 1.39 bits per heavy atom. The summed E-state index contributed by atoms with van der Waals surface area (Å²) >= 11 is 3.53. The highest BCUT2D eigenvalue weighted by Crippen LogP contribution is 2.25. The second-order valence-electron chi connectivity index (χ2n) is 6.27. The molecule has 4 N–H and O–H groups in total. The van der Waals surface area contributed by atoms with Crippen LogP contribution >= 0.6 is 12.6 Å². The molecule has 2 aromatic rings. The molecule has 1 fully saturated rings. The first-order valence-corrected chi connectivity index (χ1v) is 9.74. The minimum absolute atomic E-state index is 0.108. The van der Waals surface area contributed by atoms with Crippen LogP contribution in [-0.4, -0.2) is 57.0 Å². The van der Waals surface area contributed by atoms with Gasteiger partial charge in [-0.3, -0.25) is 5.41 Å². The van der Waals surface area contributed by atoms with Crippen molar-refractivity contribution in [2.24, 2.45) is 5.73 Å². The molecular weight excluding hydrogens is 384 g/mol. The number of nitrogens with one attached hydrogen (secondary N) is 2. The lowest BCUT2D eigenvalue weighted by atomic mass is 9.98. The number of alkyl halides is 2. The Balaban J connectivity index is 0.00000136. The molecule has 0 amide bonds. The summed E-state index contributed by atoms with van der Waals surface area (Å²) in [6.45, 7) is 2.97. The first-order valence-electron chi connectivity index (χ1n) is 8.84. The van der Waals surface area contributed by atoms with E-state index in [4.69, 9.17) is 11.1 Å². The van der Waals surface area contributed by atoms with Crippen LogP contribution in [0.2, 0.25) is 0 Å². The largest absolute Gasteiger partial charge is 0.352 e. The Hall–Kier alpha value is -2.33. The number of H-pyrrole nitrogens is 1. The second kappa shape index (κ2) is 10.3. The van der Waals surface area contributed by atoms with Gasteiger partial charge in [-0.1, -0.05) is 0 Å². The third-order valence-corrected chi connectivity index (χ3v) is 4.52. The van der Waals surface area contributed by atoms with Gasteiger partial charge < -0.3 is 15.6 Å². The highest BCUT2D eigenvalue weighted by Gasteiger charge is 2.26. The van der Waals surface area contributed by atoms with E-state index in [9.17, 15) is 8.78 Å². The minimum Gasteiger partial charge on any atom is -0.352 e. The van der Waals surface area contributed by atoms with Crippen molar-refractivity contribution in [2.75, 3.05) is 17.7 Å². The van der Waals surface area contributed by atoms with E-state index in [-0.39, 0.29) is 12.1 Å². The Morgan fingerprint density at radius 2 is 2.14 bits per heavy atom. The molecule has 3 heterocycles. The second-order valence-corrected chi connectivity index (χ2v) is 6.27. The SMILES string of the molecule is CC1C(N)CCCN1c1cc(-c2cnc(/C=C\C(=N)C(F)F)[nH]2)ncn1.CS. The van der Waals surface area contributed by atoms with E-state index in [1.54, 1.807) is 12.5 Å². The van der Waals surface area contributed by atoms with Crippen molar-refractivity contribution in [3.8, 4) is 11.4 Å². The van der Waals surface area contributed by atoms with Crippen LogP contribution in [0.4, 0.5) is 14.6 Å². The fraction of sp³-hybridized carbons (Fsp3) is 0.444. The van der Waals surface area contributed by atoms with Crippen molar-refractivity contribution in [3.05, 3.63) is 30.5 Å². The average molecular weight is 410 g/mol. The highest BCUT2D eigenvalue weighted by molar-refractivity contribution is 7.79. The van der Waals surface area contributed by atoms with Gasteiger partial charge in [-0.25, -0.2) is 23.7 Å².